The number of hydrogen-bond donors (Lipinski definition) is 1. The molecule has 0 spiro atoms. The summed E-state index contributed by atoms with van der Waals surface area (Å²) in [5, 5.41) is 11.9. The van der Waals surface area contributed by atoms with Crippen molar-refractivity contribution in [2.24, 2.45) is 4.99 Å². The van der Waals surface area contributed by atoms with Crippen molar-refractivity contribution in [1.29, 1.82) is 0 Å². The molecule has 3 aromatic rings. The van der Waals surface area contributed by atoms with Gasteiger partial charge in [-0.05, 0) is 64.8 Å². The molecule has 0 saturated carbocycles. The van der Waals surface area contributed by atoms with E-state index in [4.69, 9.17) is 21.1 Å². The summed E-state index contributed by atoms with van der Waals surface area (Å²) in [7, 11) is 0. The standard InChI is InChI=1S/C27H21BrClNO4S/c1-2-33-27(32)24-25(31)23(35-26(24)30-19-9-4-3-5-10-19)15-17-12-13-22(20(28)14-17)34-16-18-8-6-7-11-21(18)29/h3-15,31H,2,16H2,1H3/b23-15-,30-26?. The van der Waals surface area contributed by atoms with Crippen LogP contribution in [0.1, 0.15) is 18.1 Å². The van der Waals surface area contributed by atoms with E-state index in [0.29, 0.717) is 33.0 Å². The summed E-state index contributed by atoms with van der Waals surface area (Å²) < 4.78 is 11.8. The van der Waals surface area contributed by atoms with Crippen LogP contribution in [0.3, 0.4) is 0 Å². The summed E-state index contributed by atoms with van der Waals surface area (Å²) in [5.41, 5.74) is 2.43. The van der Waals surface area contributed by atoms with E-state index in [0.717, 1.165) is 15.6 Å². The summed E-state index contributed by atoms with van der Waals surface area (Å²) in [6.45, 7) is 2.25. The van der Waals surface area contributed by atoms with Crippen molar-refractivity contribution in [3.05, 3.63) is 110 Å². The molecule has 0 bridgehead atoms. The number of aliphatic hydroxyl groups excluding tert-OH is 1. The lowest BCUT2D eigenvalue weighted by Gasteiger charge is -2.10. The molecule has 5 nitrogen and oxygen atoms in total. The molecular weight excluding hydrogens is 550 g/mol. The quantitative estimate of drug-likeness (QED) is 0.293. The maximum Gasteiger partial charge on any atom is 0.344 e. The van der Waals surface area contributed by atoms with Gasteiger partial charge in [-0.2, -0.15) is 0 Å². The second-order valence-electron chi connectivity index (χ2n) is 7.38. The van der Waals surface area contributed by atoms with E-state index in [9.17, 15) is 9.90 Å². The Kier molecular flexibility index (Phi) is 8.33. The van der Waals surface area contributed by atoms with Crippen molar-refractivity contribution in [3.8, 4) is 5.75 Å². The summed E-state index contributed by atoms with van der Waals surface area (Å²) >= 11 is 11.0. The molecule has 178 valence electrons. The van der Waals surface area contributed by atoms with Crippen molar-refractivity contribution < 1.29 is 19.4 Å². The molecule has 0 saturated heterocycles. The maximum atomic E-state index is 12.6. The number of aliphatic imine (C=N–C) groups is 1. The lowest BCUT2D eigenvalue weighted by Crippen LogP contribution is -2.12. The number of aliphatic hydroxyl groups is 1. The normalized spacial score (nSPS) is 15.6. The van der Waals surface area contributed by atoms with Gasteiger partial charge in [0.2, 0.25) is 0 Å². The lowest BCUT2D eigenvalue weighted by molar-refractivity contribution is -0.138. The van der Waals surface area contributed by atoms with E-state index < -0.39 is 5.97 Å². The second-order valence-corrected chi connectivity index (χ2v) is 9.67. The zero-order chi connectivity index (χ0) is 24.8. The van der Waals surface area contributed by atoms with Crippen LogP contribution < -0.4 is 4.74 Å². The number of carbonyl (C=O) groups excluding carboxylic acids is 1. The molecule has 1 aliphatic rings. The molecule has 0 fully saturated rings. The maximum absolute atomic E-state index is 12.6. The minimum atomic E-state index is -0.611. The first-order chi connectivity index (χ1) is 17.0. The molecule has 3 aromatic carbocycles. The number of hydrogen-bond acceptors (Lipinski definition) is 6. The molecule has 8 heteroatoms. The molecular formula is C27H21BrClNO4S. The van der Waals surface area contributed by atoms with Crippen LogP contribution in [0.25, 0.3) is 6.08 Å². The van der Waals surface area contributed by atoms with Crippen molar-refractivity contribution >= 4 is 62.1 Å². The number of rotatable bonds is 7. The molecule has 35 heavy (non-hydrogen) atoms. The first-order valence-electron chi connectivity index (χ1n) is 10.8. The van der Waals surface area contributed by atoms with Crippen LogP contribution in [0.15, 0.2) is 98.5 Å². The van der Waals surface area contributed by atoms with Crippen LogP contribution in [-0.2, 0) is 16.1 Å². The third-order valence-electron chi connectivity index (χ3n) is 4.95. The molecule has 0 aliphatic carbocycles. The van der Waals surface area contributed by atoms with E-state index in [1.807, 2.05) is 72.8 Å². The molecule has 0 atom stereocenters. The van der Waals surface area contributed by atoms with Crippen LogP contribution in [0, 0.1) is 0 Å². The average molecular weight is 571 g/mol. The van der Waals surface area contributed by atoms with Gasteiger partial charge in [-0.25, -0.2) is 9.79 Å². The van der Waals surface area contributed by atoms with Crippen LogP contribution in [-0.4, -0.2) is 22.7 Å². The second kappa shape index (κ2) is 11.6. The van der Waals surface area contributed by atoms with Gasteiger partial charge in [-0.1, -0.05) is 65.8 Å². The first kappa shape index (κ1) is 25.1. The van der Waals surface area contributed by atoms with E-state index in [-0.39, 0.29) is 17.9 Å². The number of thioether (sulfide) groups is 1. The third-order valence-corrected chi connectivity index (χ3v) is 6.96. The fourth-order valence-corrected chi connectivity index (χ4v) is 4.99. The van der Waals surface area contributed by atoms with Gasteiger partial charge in [0.15, 0.2) is 0 Å². The number of para-hydroxylation sites is 1. The third kappa shape index (κ3) is 6.17. The van der Waals surface area contributed by atoms with Gasteiger partial charge >= 0.3 is 5.97 Å². The highest BCUT2D eigenvalue weighted by atomic mass is 79.9. The largest absolute Gasteiger partial charge is 0.506 e. The Hall–Kier alpha value is -3.00. The zero-order valence-electron chi connectivity index (χ0n) is 18.7. The molecule has 4 rings (SSSR count). The fraction of sp³-hybridized carbons (Fsp3) is 0.111. The predicted octanol–water partition coefficient (Wildman–Crippen LogP) is 7.87. The van der Waals surface area contributed by atoms with Crippen molar-refractivity contribution in [2.45, 2.75) is 13.5 Å². The SMILES string of the molecule is CCOC(=O)C1=C(O)/C(=C/c2ccc(OCc3ccccc3Cl)c(Br)c2)SC1=Nc1ccccc1. The van der Waals surface area contributed by atoms with Crippen LogP contribution in [0.4, 0.5) is 5.69 Å². The van der Waals surface area contributed by atoms with Gasteiger partial charge in [0.05, 0.1) is 21.7 Å². The minimum Gasteiger partial charge on any atom is -0.506 e. The molecule has 1 heterocycles. The summed E-state index contributed by atoms with van der Waals surface area (Å²) in [5.74, 6) is -0.108. The first-order valence-corrected chi connectivity index (χ1v) is 12.7. The summed E-state index contributed by atoms with van der Waals surface area (Å²) in [6.07, 6.45) is 1.79. The van der Waals surface area contributed by atoms with Gasteiger partial charge in [0, 0.05) is 10.6 Å². The zero-order valence-corrected chi connectivity index (χ0v) is 21.9. The molecule has 0 unspecified atom stereocenters. The minimum absolute atomic E-state index is 0.0608. The van der Waals surface area contributed by atoms with E-state index in [2.05, 4.69) is 20.9 Å². The number of ether oxygens (including phenoxy) is 2. The number of benzene rings is 3. The fourth-order valence-electron chi connectivity index (χ4n) is 3.26. The molecule has 1 N–H and O–H groups in total. The lowest BCUT2D eigenvalue weighted by atomic mass is 10.1. The van der Waals surface area contributed by atoms with Crippen LogP contribution in [0.2, 0.25) is 5.02 Å². The Morgan fingerprint density at radius 3 is 2.57 bits per heavy atom. The van der Waals surface area contributed by atoms with Crippen molar-refractivity contribution in [2.75, 3.05) is 6.61 Å². The van der Waals surface area contributed by atoms with Gasteiger partial charge in [-0.15, -0.1) is 0 Å². The number of carbonyl (C=O) groups is 1. The Balaban J connectivity index is 1.59. The summed E-state index contributed by atoms with van der Waals surface area (Å²) in [4.78, 5) is 17.6. The van der Waals surface area contributed by atoms with Gasteiger partial charge < -0.3 is 14.6 Å². The Bertz CT molecular complexity index is 1340. The van der Waals surface area contributed by atoms with E-state index >= 15 is 0 Å². The monoisotopic (exact) mass is 569 g/mol. The topological polar surface area (TPSA) is 68.1 Å². The average Bonchev–Trinajstić information content (AvgIpc) is 3.14. The van der Waals surface area contributed by atoms with Gasteiger partial charge in [-0.3, -0.25) is 0 Å². The number of halogens is 2. The predicted molar refractivity (Wildman–Crippen MR) is 145 cm³/mol. The van der Waals surface area contributed by atoms with Crippen molar-refractivity contribution in [3.63, 3.8) is 0 Å². The number of nitrogens with zero attached hydrogens (tertiary/aromatic N) is 1. The molecule has 0 amide bonds. The Morgan fingerprint density at radius 2 is 1.86 bits per heavy atom. The molecule has 0 aromatic heterocycles. The van der Waals surface area contributed by atoms with Gasteiger partial charge in [0.25, 0.3) is 0 Å². The highest BCUT2D eigenvalue weighted by Crippen LogP contribution is 2.40. The van der Waals surface area contributed by atoms with E-state index in [1.165, 1.54) is 11.8 Å². The highest BCUT2D eigenvalue weighted by molar-refractivity contribution is 9.10. The Morgan fingerprint density at radius 1 is 1.11 bits per heavy atom. The van der Waals surface area contributed by atoms with Crippen LogP contribution >= 0.6 is 39.3 Å². The smallest absolute Gasteiger partial charge is 0.344 e. The van der Waals surface area contributed by atoms with E-state index in [1.54, 1.807) is 13.0 Å². The molecule has 0 radical (unpaired) electrons. The van der Waals surface area contributed by atoms with Crippen LogP contribution in [0.5, 0.6) is 5.75 Å². The van der Waals surface area contributed by atoms with Gasteiger partial charge in [0.1, 0.15) is 28.7 Å². The summed E-state index contributed by atoms with van der Waals surface area (Å²) in [6, 6.07) is 22.3. The van der Waals surface area contributed by atoms with Crippen molar-refractivity contribution in [1.82, 2.24) is 0 Å². The number of esters is 1. The molecule has 1 aliphatic heterocycles. The highest BCUT2D eigenvalue weighted by Gasteiger charge is 2.33. The Labute approximate surface area is 221 Å².